The first-order chi connectivity index (χ1) is 12.9. The van der Waals surface area contributed by atoms with Crippen molar-refractivity contribution in [2.24, 2.45) is 0 Å². The summed E-state index contributed by atoms with van der Waals surface area (Å²) in [6, 6.07) is 6.47. The lowest BCUT2D eigenvalue weighted by atomic mass is 10.1. The number of hydrogen-bond donors (Lipinski definition) is 1. The van der Waals surface area contributed by atoms with Gasteiger partial charge in [-0.3, -0.25) is 4.72 Å². The Hall–Kier alpha value is -1.76. The van der Waals surface area contributed by atoms with Crippen LogP contribution in [0.2, 0.25) is 0 Å². The first kappa shape index (κ1) is 23.3. The molecular weight excluding hydrogens is 366 g/mol. The number of nitrogens with one attached hydrogen (secondary N) is 1. The maximum Gasteiger partial charge on any atom is 0.347 e. The van der Waals surface area contributed by atoms with Crippen molar-refractivity contribution in [1.29, 1.82) is 0 Å². The van der Waals surface area contributed by atoms with Gasteiger partial charge in [-0.15, -0.1) is 0 Å². The first-order valence-electron chi connectivity index (χ1n) is 9.68. The molecule has 0 amide bonds. The Morgan fingerprint density at radius 1 is 1.00 bits per heavy atom. The summed E-state index contributed by atoms with van der Waals surface area (Å²) >= 11 is 0. The van der Waals surface area contributed by atoms with E-state index in [1.165, 1.54) is 45.6 Å². The molecule has 0 aromatic heterocycles. The minimum absolute atomic E-state index is 0.392. The van der Waals surface area contributed by atoms with Crippen molar-refractivity contribution < 1.29 is 22.7 Å². The molecule has 1 rings (SSSR count). The number of carbonyl (C=O) groups is 1. The number of unbranched alkanes of at least 4 members (excludes halogenated alkanes) is 7. The van der Waals surface area contributed by atoms with Gasteiger partial charge in [-0.2, -0.15) is 0 Å². The number of methoxy groups -OCH3 is 1. The van der Waals surface area contributed by atoms with Gasteiger partial charge >= 0.3 is 5.97 Å². The number of anilines is 1. The zero-order valence-corrected chi connectivity index (χ0v) is 17.5. The Balaban J connectivity index is 2.44. The number of rotatable bonds is 14. The molecule has 27 heavy (non-hydrogen) atoms. The van der Waals surface area contributed by atoms with Crippen molar-refractivity contribution in [3.63, 3.8) is 0 Å². The molecule has 1 N–H and O–H groups in total. The minimum atomic E-state index is -3.32. The zero-order valence-electron chi connectivity index (χ0n) is 16.7. The lowest BCUT2D eigenvalue weighted by Crippen LogP contribution is -2.28. The third kappa shape index (κ3) is 10.9. The molecule has 0 aliphatic carbocycles. The fourth-order valence-corrected chi connectivity index (χ4v) is 3.36. The molecule has 0 saturated carbocycles. The number of esters is 1. The summed E-state index contributed by atoms with van der Waals surface area (Å²) < 4.78 is 35.5. The fraction of sp³-hybridized carbons (Fsp3) is 0.650. The van der Waals surface area contributed by atoms with Crippen molar-refractivity contribution in [2.75, 3.05) is 18.1 Å². The largest absolute Gasteiger partial charge is 0.479 e. The second kappa shape index (κ2) is 12.6. The van der Waals surface area contributed by atoms with Gasteiger partial charge in [-0.05, 0) is 37.1 Å². The molecule has 0 bridgehead atoms. The molecule has 154 valence electrons. The first-order valence-corrected chi connectivity index (χ1v) is 11.6. The van der Waals surface area contributed by atoms with Gasteiger partial charge in [0.15, 0.2) is 6.10 Å². The summed E-state index contributed by atoms with van der Waals surface area (Å²) in [7, 11) is -1.97. The van der Waals surface area contributed by atoms with E-state index >= 15 is 0 Å². The molecule has 0 aliphatic rings. The molecule has 0 saturated heterocycles. The maximum absolute atomic E-state index is 12.0. The van der Waals surface area contributed by atoms with E-state index in [-0.39, 0.29) is 0 Å². The Bertz CT molecular complexity index is 643. The number of sulfonamides is 1. The summed E-state index contributed by atoms with van der Waals surface area (Å²) in [6.45, 7) is 2.21. The van der Waals surface area contributed by atoms with E-state index in [4.69, 9.17) is 9.47 Å². The predicted molar refractivity (Wildman–Crippen MR) is 109 cm³/mol. The third-order valence-electron chi connectivity index (χ3n) is 4.22. The van der Waals surface area contributed by atoms with Gasteiger partial charge in [-0.25, -0.2) is 13.2 Å². The van der Waals surface area contributed by atoms with Crippen LogP contribution in [0.3, 0.4) is 0 Å². The van der Waals surface area contributed by atoms with Gasteiger partial charge in [0.05, 0.1) is 13.4 Å². The molecule has 6 nitrogen and oxygen atoms in total. The SMILES string of the molecule is CCCCCCCCCCC(Oc1ccc(NS(C)(=O)=O)cc1)C(=O)OC. The van der Waals surface area contributed by atoms with Crippen molar-refractivity contribution in [3.8, 4) is 5.75 Å². The average Bonchev–Trinajstić information content (AvgIpc) is 2.62. The standard InChI is InChI=1S/C20H33NO5S/c1-4-5-6-7-8-9-10-11-12-19(20(22)25-2)26-18-15-13-17(14-16-18)21-27(3,23)24/h13-16,19,21H,4-12H2,1-3H3. The average molecular weight is 400 g/mol. The Morgan fingerprint density at radius 2 is 1.56 bits per heavy atom. The van der Waals surface area contributed by atoms with Gasteiger partial charge in [-0.1, -0.05) is 51.9 Å². The Labute approximate surface area is 163 Å². The summed E-state index contributed by atoms with van der Waals surface area (Å²) in [6.07, 6.45) is 10.6. The molecule has 0 spiro atoms. The lowest BCUT2D eigenvalue weighted by molar-refractivity contribution is -0.149. The number of carbonyl (C=O) groups excluding carboxylic acids is 1. The highest BCUT2D eigenvalue weighted by molar-refractivity contribution is 7.92. The molecule has 0 aliphatic heterocycles. The van der Waals surface area contributed by atoms with E-state index in [1.54, 1.807) is 24.3 Å². The predicted octanol–water partition coefficient (Wildman–Crippen LogP) is 4.51. The molecular formula is C20H33NO5S. The van der Waals surface area contributed by atoms with Crippen molar-refractivity contribution >= 4 is 21.7 Å². The zero-order chi connectivity index (χ0) is 20.1. The summed E-state index contributed by atoms with van der Waals surface area (Å²) in [5.41, 5.74) is 0.447. The second-order valence-corrected chi connectivity index (χ2v) is 8.54. The second-order valence-electron chi connectivity index (χ2n) is 6.79. The minimum Gasteiger partial charge on any atom is -0.479 e. The van der Waals surface area contributed by atoms with E-state index in [0.717, 1.165) is 19.1 Å². The van der Waals surface area contributed by atoms with Crippen molar-refractivity contribution in [2.45, 2.75) is 70.8 Å². The highest BCUT2D eigenvalue weighted by Gasteiger charge is 2.20. The Morgan fingerprint density at radius 3 is 2.07 bits per heavy atom. The summed E-state index contributed by atoms with van der Waals surface area (Å²) in [4.78, 5) is 12.0. The molecule has 0 heterocycles. The number of hydrogen-bond acceptors (Lipinski definition) is 5. The normalized spacial score (nSPS) is 12.4. The molecule has 0 radical (unpaired) electrons. The van der Waals surface area contributed by atoms with Crippen molar-refractivity contribution in [3.05, 3.63) is 24.3 Å². The maximum atomic E-state index is 12.0. The summed E-state index contributed by atoms with van der Waals surface area (Å²) in [5, 5.41) is 0. The van der Waals surface area contributed by atoms with Gasteiger partial charge in [0.2, 0.25) is 10.0 Å². The van der Waals surface area contributed by atoms with E-state index in [2.05, 4.69) is 11.6 Å². The van der Waals surface area contributed by atoms with Crippen LogP contribution in [0.1, 0.15) is 64.7 Å². The summed E-state index contributed by atoms with van der Waals surface area (Å²) in [5.74, 6) is 0.111. The topological polar surface area (TPSA) is 81.7 Å². The lowest BCUT2D eigenvalue weighted by Gasteiger charge is -2.17. The molecule has 1 aromatic carbocycles. The van der Waals surface area contributed by atoms with E-state index in [0.29, 0.717) is 17.9 Å². The van der Waals surface area contributed by atoms with Crippen LogP contribution in [0, 0.1) is 0 Å². The quantitative estimate of drug-likeness (QED) is 0.368. The van der Waals surface area contributed by atoms with Crippen LogP contribution in [0.4, 0.5) is 5.69 Å². The number of ether oxygens (including phenoxy) is 2. The molecule has 7 heteroatoms. The smallest absolute Gasteiger partial charge is 0.347 e. The Kier molecular flexibility index (Phi) is 10.9. The van der Waals surface area contributed by atoms with Crippen LogP contribution in [-0.4, -0.2) is 33.9 Å². The van der Waals surface area contributed by atoms with E-state index < -0.39 is 22.1 Å². The molecule has 0 fully saturated rings. The number of benzene rings is 1. The van der Waals surface area contributed by atoms with Gasteiger partial charge < -0.3 is 9.47 Å². The van der Waals surface area contributed by atoms with Crippen molar-refractivity contribution in [1.82, 2.24) is 0 Å². The highest BCUT2D eigenvalue weighted by Crippen LogP contribution is 2.20. The van der Waals surface area contributed by atoms with Gasteiger partial charge in [0, 0.05) is 5.69 Å². The van der Waals surface area contributed by atoms with E-state index in [9.17, 15) is 13.2 Å². The molecule has 1 unspecified atom stereocenters. The third-order valence-corrected chi connectivity index (χ3v) is 4.83. The fourth-order valence-electron chi connectivity index (χ4n) is 2.80. The van der Waals surface area contributed by atoms with E-state index in [1.807, 2.05) is 0 Å². The monoisotopic (exact) mass is 399 g/mol. The van der Waals surface area contributed by atoms with Gasteiger partial charge in [0.1, 0.15) is 5.75 Å². The van der Waals surface area contributed by atoms with Crippen LogP contribution >= 0.6 is 0 Å². The molecule has 1 atom stereocenters. The molecule has 1 aromatic rings. The highest BCUT2D eigenvalue weighted by atomic mass is 32.2. The van der Waals surface area contributed by atoms with Gasteiger partial charge in [0.25, 0.3) is 0 Å². The van der Waals surface area contributed by atoms with Crippen LogP contribution in [-0.2, 0) is 19.6 Å². The van der Waals surface area contributed by atoms with Crippen LogP contribution < -0.4 is 9.46 Å². The van der Waals surface area contributed by atoms with Crippen LogP contribution in [0.25, 0.3) is 0 Å². The van der Waals surface area contributed by atoms with Crippen LogP contribution in [0.15, 0.2) is 24.3 Å². The van der Waals surface area contributed by atoms with Crippen LogP contribution in [0.5, 0.6) is 5.75 Å².